The number of rotatable bonds is 6. The normalized spacial score (nSPS) is 10.7. The predicted octanol–water partition coefficient (Wildman–Crippen LogP) is 4.37. The average molecular weight is 343 g/mol. The molecule has 1 amide bonds. The Morgan fingerprint density at radius 1 is 1.29 bits per heavy atom. The molecule has 1 aromatic rings. The molecule has 0 atom stereocenters. The van der Waals surface area contributed by atoms with Gasteiger partial charge < -0.3 is 5.32 Å². The van der Waals surface area contributed by atoms with Crippen LogP contribution in [0.4, 0.5) is 5.69 Å². The fourth-order valence-electron chi connectivity index (χ4n) is 1.42. The number of hydrogen-bond acceptors (Lipinski definition) is 1. The zero-order valence-electron chi connectivity index (χ0n) is 10.1. The van der Waals surface area contributed by atoms with Crippen LogP contribution in [0.15, 0.2) is 36.4 Å². The van der Waals surface area contributed by atoms with Crippen molar-refractivity contribution in [3.8, 4) is 0 Å². The molecule has 0 radical (unpaired) electrons. The number of anilines is 1. The second-order valence-electron chi connectivity index (χ2n) is 3.89. The van der Waals surface area contributed by atoms with Crippen molar-refractivity contribution < 1.29 is 4.79 Å². The lowest BCUT2D eigenvalue weighted by Crippen LogP contribution is -2.07. The monoisotopic (exact) mass is 343 g/mol. The van der Waals surface area contributed by atoms with E-state index in [0.717, 1.165) is 22.1 Å². The molecule has 0 aliphatic rings. The first-order valence-electron chi connectivity index (χ1n) is 5.95. The van der Waals surface area contributed by atoms with Crippen molar-refractivity contribution >= 4 is 34.2 Å². The molecule has 92 valence electrons. The van der Waals surface area contributed by atoms with Crippen LogP contribution < -0.4 is 5.32 Å². The minimum Gasteiger partial charge on any atom is -0.323 e. The quantitative estimate of drug-likeness (QED) is 0.464. The van der Waals surface area contributed by atoms with Gasteiger partial charge in [0.05, 0.1) is 0 Å². The first kappa shape index (κ1) is 14.2. The van der Waals surface area contributed by atoms with E-state index in [1.165, 1.54) is 12.8 Å². The van der Waals surface area contributed by atoms with Crippen LogP contribution in [0, 0.1) is 3.57 Å². The van der Waals surface area contributed by atoms with Crippen molar-refractivity contribution in [3.05, 3.63) is 40.0 Å². The van der Waals surface area contributed by atoms with Crippen molar-refractivity contribution in [2.75, 3.05) is 5.32 Å². The van der Waals surface area contributed by atoms with E-state index in [0.29, 0.717) is 0 Å². The number of benzene rings is 1. The minimum absolute atomic E-state index is 0.0530. The molecule has 0 bridgehead atoms. The summed E-state index contributed by atoms with van der Waals surface area (Å²) < 4.78 is 1.16. The van der Waals surface area contributed by atoms with Gasteiger partial charge in [0, 0.05) is 9.26 Å². The van der Waals surface area contributed by atoms with Gasteiger partial charge in [0.25, 0.3) is 0 Å². The lowest BCUT2D eigenvalue weighted by Gasteiger charge is -2.01. The van der Waals surface area contributed by atoms with Gasteiger partial charge >= 0.3 is 0 Å². The van der Waals surface area contributed by atoms with E-state index >= 15 is 0 Å². The summed E-state index contributed by atoms with van der Waals surface area (Å²) in [6.07, 6.45) is 8.13. The largest absolute Gasteiger partial charge is 0.323 e. The number of carbonyl (C=O) groups excluding carboxylic acids is 1. The van der Waals surface area contributed by atoms with Crippen LogP contribution in [0.5, 0.6) is 0 Å². The van der Waals surface area contributed by atoms with E-state index in [1.807, 2.05) is 30.3 Å². The molecule has 0 saturated carbocycles. The summed E-state index contributed by atoms with van der Waals surface area (Å²) in [5.74, 6) is -0.0530. The maximum atomic E-state index is 11.5. The van der Waals surface area contributed by atoms with Crippen molar-refractivity contribution in [3.63, 3.8) is 0 Å². The highest BCUT2D eigenvalue weighted by molar-refractivity contribution is 14.1. The minimum atomic E-state index is -0.0530. The average Bonchev–Trinajstić information content (AvgIpc) is 2.32. The summed E-state index contributed by atoms with van der Waals surface area (Å²) in [7, 11) is 0. The maximum absolute atomic E-state index is 11.5. The highest BCUT2D eigenvalue weighted by Gasteiger charge is 1.96. The summed E-state index contributed by atoms with van der Waals surface area (Å²) in [4.78, 5) is 11.5. The predicted molar refractivity (Wildman–Crippen MR) is 81.1 cm³/mol. The van der Waals surface area contributed by atoms with Gasteiger partial charge in [-0.1, -0.05) is 25.8 Å². The molecule has 1 aromatic carbocycles. The van der Waals surface area contributed by atoms with Gasteiger partial charge in [-0.05, 0) is 65.8 Å². The lowest BCUT2D eigenvalue weighted by atomic mass is 10.2. The van der Waals surface area contributed by atoms with Gasteiger partial charge in [-0.2, -0.15) is 0 Å². The van der Waals surface area contributed by atoms with Crippen LogP contribution in [0.2, 0.25) is 0 Å². The zero-order valence-corrected chi connectivity index (χ0v) is 12.2. The Morgan fingerprint density at radius 3 is 2.65 bits per heavy atom. The number of nitrogens with one attached hydrogen (secondary N) is 1. The van der Waals surface area contributed by atoms with E-state index in [2.05, 4.69) is 34.8 Å². The van der Waals surface area contributed by atoms with Crippen LogP contribution >= 0.6 is 22.6 Å². The Labute approximate surface area is 117 Å². The van der Waals surface area contributed by atoms with Gasteiger partial charge in [0.1, 0.15) is 0 Å². The molecule has 17 heavy (non-hydrogen) atoms. The molecule has 1 rings (SSSR count). The van der Waals surface area contributed by atoms with E-state index in [9.17, 15) is 4.79 Å². The van der Waals surface area contributed by atoms with E-state index in [4.69, 9.17) is 0 Å². The smallest absolute Gasteiger partial charge is 0.248 e. The molecule has 0 aromatic heterocycles. The summed E-state index contributed by atoms with van der Waals surface area (Å²) in [5, 5.41) is 2.83. The summed E-state index contributed by atoms with van der Waals surface area (Å²) in [6, 6.07) is 7.76. The lowest BCUT2D eigenvalue weighted by molar-refractivity contribution is -0.111. The number of allylic oxidation sites excluding steroid dienone is 1. The van der Waals surface area contributed by atoms with E-state index in [1.54, 1.807) is 6.08 Å². The summed E-state index contributed by atoms with van der Waals surface area (Å²) in [5.41, 5.74) is 0.841. The summed E-state index contributed by atoms with van der Waals surface area (Å²) in [6.45, 7) is 2.17. The van der Waals surface area contributed by atoms with E-state index in [-0.39, 0.29) is 5.91 Å². The Morgan fingerprint density at radius 2 is 2.00 bits per heavy atom. The van der Waals surface area contributed by atoms with E-state index < -0.39 is 0 Å². The molecular weight excluding hydrogens is 325 g/mol. The van der Waals surface area contributed by atoms with Crippen LogP contribution in [0.1, 0.15) is 32.6 Å². The molecule has 0 saturated heterocycles. The van der Waals surface area contributed by atoms with Gasteiger partial charge in [0.15, 0.2) is 0 Å². The number of amides is 1. The van der Waals surface area contributed by atoms with Crippen molar-refractivity contribution in [1.82, 2.24) is 0 Å². The van der Waals surface area contributed by atoms with Gasteiger partial charge in [-0.3, -0.25) is 4.79 Å². The number of hydrogen-bond donors (Lipinski definition) is 1. The molecule has 0 heterocycles. The first-order chi connectivity index (χ1) is 8.22. The molecule has 0 fully saturated rings. The second-order valence-corrected chi connectivity index (χ2v) is 5.14. The third-order valence-corrected chi connectivity index (χ3v) is 3.07. The van der Waals surface area contributed by atoms with Crippen LogP contribution in [0.3, 0.4) is 0 Å². The van der Waals surface area contributed by atoms with Gasteiger partial charge in [0.2, 0.25) is 5.91 Å². The van der Waals surface area contributed by atoms with Crippen molar-refractivity contribution in [1.29, 1.82) is 0 Å². The van der Waals surface area contributed by atoms with Crippen LogP contribution in [0.25, 0.3) is 0 Å². The highest BCUT2D eigenvalue weighted by atomic mass is 127. The van der Waals surface area contributed by atoms with Gasteiger partial charge in [-0.25, -0.2) is 0 Å². The molecule has 0 aliphatic heterocycles. The Bertz CT molecular complexity index is 370. The Balaban J connectivity index is 2.31. The molecule has 0 aliphatic carbocycles. The third-order valence-electron chi connectivity index (χ3n) is 2.36. The topological polar surface area (TPSA) is 29.1 Å². The van der Waals surface area contributed by atoms with Crippen molar-refractivity contribution in [2.24, 2.45) is 0 Å². The SMILES string of the molecule is CCCCC/C=C/C(=O)Nc1ccc(I)cc1. The van der Waals surface area contributed by atoms with Crippen LogP contribution in [-0.2, 0) is 4.79 Å². The molecule has 2 nitrogen and oxygen atoms in total. The van der Waals surface area contributed by atoms with Crippen LogP contribution in [-0.4, -0.2) is 5.91 Å². The molecule has 0 unspecified atom stereocenters. The highest BCUT2D eigenvalue weighted by Crippen LogP contribution is 2.11. The summed E-state index contributed by atoms with van der Waals surface area (Å²) >= 11 is 2.24. The third kappa shape index (κ3) is 6.46. The fraction of sp³-hybridized carbons (Fsp3) is 0.357. The molecule has 0 spiro atoms. The van der Waals surface area contributed by atoms with Crippen molar-refractivity contribution in [2.45, 2.75) is 32.6 Å². The maximum Gasteiger partial charge on any atom is 0.248 e. The number of unbranched alkanes of at least 4 members (excludes halogenated alkanes) is 3. The second kappa shape index (κ2) is 8.28. The molecule has 3 heteroatoms. The number of halogens is 1. The molecular formula is C14H18INO. The first-order valence-corrected chi connectivity index (χ1v) is 7.03. The Hall–Kier alpha value is -0.840. The molecule has 1 N–H and O–H groups in total. The standard InChI is InChI=1S/C14H18INO/c1-2-3-4-5-6-7-14(17)16-13-10-8-12(15)9-11-13/h6-11H,2-5H2,1H3,(H,16,17)/b7-6+. The Kier molecular flexibility index (Phi) is 6.93. The fourth-order valence-corrected chi connectivity index (χ4v) is 1.78. The zero-order chi connectivity index (χ0) is 12.5. The number of carbonyl (C=O) groups is 1. The van der Waals surface area contributed by atoms with Gasteiger partial charge in [-0.15, -0.1) is 0 Å².